The van der Waals surface area contributed by atoms with Gasteiger partial charge in [-0.25, -0.2) is 14.8 Å². The molecule has 6 nitrogen and oxygen atoms in total. The summed E-state index contributed by atoms with van der Waals surface area (Å²) in [7, 11) is 0. The molecule has 0 aliphatic heterocycles. The minimum absolute atomic E-state index is 0.0275. The summed E-state index contributed by atoms with van der Waals surface area (Å²) >= 11 is 0. The smallest absolute Gasteiger partial charge is 0.358 e. The van der Waals surface area contributed by atoms with E-state index >= 15 is 0 Å². The molecule has 6 heteroatoms. The highest BCUT2D eigenvalue weighted by Crippen LogP contribution is 2.41. The second-order valence-corrected chi connectivity index (χ2v) is 4.85. The highest BCUT2D eigenvalue weighted by molar-refractivity contribution is 6.00. The van der Waals surface area contributed by atoms with Gasteiger partial charge in [-0.1, -0.05) is 19.8 Å². The monoisotopic (exact) mass is 263 g/mol. The SMILES string of the molecule is CCC1(C(=O)Nc2nccnc2C(=O)O)CCCC1. The van der Waals surface area contributed by atoms with Crippen molar-refractivity contribution in [1.82, 2.24) is 9.97 Å². The van der Waals surface area contributed by atoms with Crippen LogP contribution in [0, 0.1) is 5.41 Å². The van der Waals surface area contributed by atoms with E-state index in [1.165, 1.54) is 12.4 Å². The number of carboxylic acid groups (broad SMARTS) is 1. The third-order valence-electron chi connectivity index (χ3n) is 3.85. The number of carbonyl (C=O) groups is 2. The van der Waals surface area contributed by atoms with Gasteiger partial charge in [-0.05, 0) is 19.3 Å². The summed E-state index contributed by atoms with van der Waals surface area (Å²) in [6.07, 6.45) is 7.18. The standard InChI is InChI=1S/C13H17N3O3/c1-2-13(5-3-4-6-13)12(19)16-10-9(11(17)18)14-7-8-15-10/h7-8H,2-6H2,1H3,(H,17,18)(H,15,16,19). The maximum Gasteiger partial charge on any atom is 0.358 e. The Morgan fingerprint density at radius 3 is 2.53 bits per heavy atom. The first-order chi connectivity index (χ1) is 9.09. The van der Waals surface area contributed by atoms with Crippen LogP contribution in [0.1, 0.15) is 49.5 Å². The van der Waals surface area contributed by atoms with E-state index < -0.39 is 5.97 Å². The lowest BCUT2D eigenvalue weighted by atomic mass is 9.82. The quantitative estimate of drug-likeness (QED) is 0.867. The van der Waals surface area contributed by atoms with Crippen molar-refractivity contribution >= 4 is 17.7 Å². The fourth-order valence-corrected chi connectivity index (χ4v) is 2.62. The van der Waals surface area contributed by atoms with Crippen LogP contribution in [0.2, 0.25) is 0 Å². The molecule has 0 unspecified atom stereocenters. The lowest BCUT2D eigenvalue weighted by molar-refractivity contribution is -0.125. The van der Waals surface area contributed by atoms with Crippen molar-refractivity contribution in [2.75, 3.05) is 5.32 Å². The topological polar surface area (TPSA) is 92.2 Å². The summed E-state index contributed by atoms with van der Waals surface area (Å²) in [6, 6.07) is 0. The molecule has 1 aromatic rings. The van der Waals surface area contributed by atoms with E-state index in [0.717, 1.165) is 32.1 Å². The van der Waals surface area contributed by atoms with Gasteiger partial charge < -0.3 is 10.4 Å². The van der Waals surface area contributed by atoms with Gasteiger partial charge in [0.1, 0.15) is 0 Å². The summed E-state index contributed by atoms with van der Waals surface area (Å²) in [5, 5.41) is 11.6. The van der Waals surface area contributed by atoms with Gasteiger partial charge in [0.05, 0.1) is 0 Å². The summed E-state index contributed by atoms with van der Waals surface area (Å²) < 4.78 is 0. The molecule has 0 aromatic carbocycles. The molecule has 0 bridgehead atoms. The first kappa shape index (κ1) is 13.5. The molecule has 1 saturated carbocycles. The van der Waals surface area contributed by atoms with Crippen LogP contribution in [0.15, 0.2) is 12.4 Å². The average Bonchev–Trinajstić information content (AvgIpc) is 2.89. The molecular weight excluding hydrogens is 246 g/mol. The van der Waals surface area contributed by atoms with Gasteiger partial charge in [0.15, 0.2) is 11.5 Å². The number of nitrogens with zero attached hydrogens (tertiary/aromatic N) is 2. The van der Waals surface area contributed by atoms with Crippen LogP contribution in [-0.4, -0.2) is 27.0 Å². The minimum atomic E-state index is -1.19. The molecule has 1 heterocycles. The number of carboxylic acids is 1. The molecule has 0 atom stereocenters. The molecule has 102 valence electrons. The predicted molar refractivity (Wildman–Crippen MR) is 68.8 cm³/mol. The van der Waals surface area contributed by atoms with E-state index in [1.54, 1.807) is 0 Å². The number of nitrogens with one attached hydrogen (secondary N) is 1. The van der Waals surface area contributed by atoms with Gasteiger partial charge in [-0.15, -0.1) is 0 Å². The normalized spacial score (nSPS) is 17.1. The Kier molecular flexibility index (Phi) is 3.78. The molecule has 1 aliphatic rings. The molecule has 1 aliphatic carbocycles. The highest BCUT2D eigenvalue weighted by Gasteiger charge is 2.39. The van der Waals surface area contributed by atoms with Crippen LogP contribution in [0.4, 0.5) is 5.82 Å². The molecule has 1 fully saturated rings. The Labute approximate surface area is 111 Å². The number of carbonyl (C=O) groups excluding carboxylic acids is 1. The molecule has 2 N–H and O–H groups in total. The van der Waals surface area contributed by atoms with Crippen molar-refractivity contribution in [2.45, 2.75) is 39.0 Å². The number of aromatic nitrogens is 2. The average molecular weight is 263 g/mol. The molecule has 1 aromatic heterocycles. The Morgan fingerprint density at radius 2 is 1.95 bits per heavy atom. The van der Waals surface area contributed by atoms with E-state index in [2.05, 4.69) is 15.3 Å². The Balaban J connectivity index is 2.21. The van der Waals surface area contributed by atoms with E-state index in [1.807, 2.05) is 6.92 Å². The van der Waals surface area contributed by atoms with Gasteiger partial charge in [0.2, 0.25) is 5.91 Å². The predicted octanol–water partition coefficient (Wildman–Crippen LogP) is 2.08. The fraction of sp³-hybridized carbons (Fsp3) is 0.538. The number of anilines is 1. The first-order valence-electron chi connectivity index (χ1n) is 6.45. The summed E-state index contributed by atoms with van der Waals surface area (Å²) in [5.41, 5.74) is -0.604. The molecular formula is C13H17N3O3. The van der Waals surface area contributed by atoms with Crippen LogP contribution in [0.25, 0.3) is 0 Å². The zero-order valence-corrected chi connectivity index (χ0v) is 10.8. The van der Waals surface area contributed by atoms with Crippen LogP contribution < -0.4 is 5.32 Å². The van der Waals surface area contributed by atoms with Crippen LogP contribution in [0.5, 0.6) is 0 Å². The van der Waals surface area contributed by atoms with Gasteiger partial charge in [-0.2, -0.15) is 0 Å². The number of hydrogen-bond donors (Lipinski definition) is 2. The van der Waals surface area contributed by atoms with Gasteiger partial charge >= 0.3 is 5.97 Å². The maximum absolute atomic E-state index is 12.4. The third kappa shape index (κ3) is 2.57. The second kappa shape index (κ2) is 5.34. The van der Waals surface area contributed by atoms with Crippen molar-refractivity contribution in [2.24, 2.45) is 5.41 Å². The number of rotatable bonds is 4. The number of amides is 1. The van der Waals surface area contributed by atoms with Gasteiger partial charge in [-0.3, -0.25) is 4.79 Å². The lowest BCUT2D eigenvalue weighted by Gasteiger charge is -2.25. The summed E-state index contributed by atoms with van der Waals surface area (Å²) in [4.78, 5) is 31.0. The third-order valence-corrected chi connectivity index (χ3v) is 3.85. The van der Waals surface area contributed by atoms with E-state index in [0.29, 0.717) is 0 Å². The molecule has 19 heavy (non-hydrogen) atoms. The molecule has 0 radical (unpaired) electrons. The van der Waals surface area contributed by atoms with Crippen molar-refractivity contribution in [3.8, 4) is 0 Å². The lowest BCUT2D eigenvalue weighted by Crippen LogP contribution is -2.34. The van der Waals surface area contributed by atoms with Crippen LogP contribution >= 0.6 is 0 Å². The highest BCUT2D eigenvalue weighted by atomic mass is 16.4. The Bertz CT molecular complexity index is 496. The van der Waals surface area contributed by atoms with Crippen molar-refractivity contribution in [3.05, 3.63) is 18.1 Å². The van der Waals surface area contributed by atoms with Crippen molar-refractivity contribution < 1.29 is 14.7 Å². The van der Waals surface area contributed by atoms with Gasteiger partial charge in [0, 0.05) is 17.8 Å². The van der Waals surface area contributed by atoms with Crippen molar-refractivity contribution in [1.29, 1.82) is 0 Å². The van der Waals surface area contributed by atoms with E-state index in [4.69, 9.17) is 5.11 Å². The molecule has 0 spiro atoms. The van der Waals surface area contributed by atoms with E-state index in [9.17, 15) is 9.59 Å². The van der Waals surface area contributed by atoms with Crippen LogP contribution in [0.3, 0.4) is 0 Å². The minimum Gasteiger partial charge on any atom is -0.476 e. The second-order valence-electron chi connectivity index (χ2n) is 4.85. The zero-order valence-electron chi connectivity index (χ0n) is 10.8. The molecule has 2 rings (SSSR count). The van der Waals surface area contributed by atoms with Gasteiger partial charge in [0.25, 0.3) is 0 Å². The van der Waals surface area contributed by atoms with Crippen molar-refractivity contribution in [3.63, 3.8) is 0 Å². The maximum atomic E-state index is 12.4. The summed E-state index contributed by atoms with van der Waals surface area (Å²) in [6.45, 7) is 1.99. The fourth-order valence-electron chi connectivity index (χ4n) is 2.62. The Morgan fingerprint density at radius 1 is 1.32 bits per heavy atom. The van der Waals surface area contributed by atoms with E-state index in [-0.39, 0.29) is 22.8 Å². The molecule has 1 amide bonds. The Hall–Kier alpha value is -1.98. The first-order valence-corrected chi connectivity index (χ1v) is 6.45. The van der Waals surface area contributed by atoms with Crippen LogP contribution in [-0.2, 0) is 4.79 Å². The zero-order chi connectivity index (χ0) is 13.9. The number of hydrogen-bond acceptors (Lipinski definition) is 4. The largest absolute Gasteiger partial charge is 0.476 e. The molecule has 0 saturated heterocycles. The summed E-state index contributed by atoms with van der Waals surface area (Å²) in [5.74, 6) is -1.31. The number of aromatic carboxylic acids is 1.